The summed E-state index contributed by atoms with van der Waals surface area (Å²) in [5.41, 5.74) is 0.403. The first-order valence-electron chi connectivity index (χ1n) is 8.48. The van der Waals surface area contributed by atoms with Crippen LogP contribution in [0.15, 0.2) is 9.42 Å². The maximum Gasteiger partial charge on any atom is 0.248 e. The van der Waals surface area contributed by atoms with Gasteiger partial charge in [-0.1, -0.05) is 5.16 Å². The molecule has 0 atom stereocenters. The van der Waals surface area contributed by atoms with E-state index in [1.165, 1.54) is 9.21 Å². The fourth-order valence-electron chi connectivity index (χ4n) is 2.85. The molecule has 25 heavy (non-hydrogen) atoms. The van der Waals surface area contributed by atoms with Crippen molar-refractivity contribution in [3.8, 4) is 0 Å². The van der Waals surface area contributed by atoms with E-state index in [9.17, 15) is 8.42 Å². The Hall–Kier alpha value is -1.23. The molecule has 8 nitrogen and oxygen atoms in total. The highest BCUT2D eigenvalue weighted by Gasteiger charge is 2.33. The third-order valence-electron chi connectivity index (χ3n) is 4.22. The van der Waals surface area contributed by atoms with Crippen LogP contribution in [0.1, 0.15) is 17.9 Å². The van der Waals surface area contributed by atoms with E-state index in [0.29, 0.717) is 42.7 Å². The standard InChI is InChI=1S/C15H27N5O3S2/c1-12-14(13(2)23-17-12)25(21,22)20-10-8-19(9-11-20)15(24)16-6-5-7-18(3)4/h5-11H2,1-4H3,(H,16,24)/p+1. The number of nitrogens with one attached hydrogen (secondary N) is 2. The molecule has 0 aliphatic carbocycles. The molecule has 0 unspecified atom stereocenters. The van der Waals surface area contributed by atoms with Gasteiger partial charge in [-0.25, -0.2) is 8.42 Å². The molecule has 0 radical (unpaired) electrons. The van der Waals surface area contributed by atoms with E-state index in [4.69, 9.17) is 16.7 Å². The van der Waals surface area contributed by atoms with E-state index in [1.54, 1.807) is 13.8 Å². The number of piperazine rings is 1. The van der Waals surface area contributed by atoms with Gasteiger partial charge in [-0.3, -0.25) is 0 Å². The van der Waals surface area contributed by atoms with Gasteiger partial charge in [0.1, 0.15) is 10.6 Å². The maximum absolute atomic E-state index is 12.8. The van der Waals surface area contributed by atoms with Crippen LogP contribution < -0.4 is 10.2 Å². The zero-order valence-corrected chi connectivity index (χ0v) is 17.0. The molecule has 10 heteroatoms. The van der Waals surface area contributed by atoms with Crippen molar-refractivity contribution >= 4 is 27.4 Å². The molecule has 1 aromatic heterocycles. The third kappa shape index (κ3) is 4.90. The summed E-state index contributed by atoms with van der Waals surface area (Å²) >= 11 is 5.42. The summed E-state index contributed by atoms with van der Waals surface area (Å²) in [4.78, 5) is 3.62. The Bertz CT molecular complexity index is 675. The van der Waals surface area contributed by atoms with Crippen LogP contribution in [-0.2, 0) is 10.0 Å². The topological polar surface area (TPSA) is 83.1 Å². The first-order chi connectivity index (χ1) is 11.7. The zero-order chi connectivity index (χ0) is 18.6. The maximum atomic E-state index is 12.8. The van der Waals surface area contributed by atoms with Crippen molar-refractivity contribution in [2.24, 2.45) is 0 Å². The average molecular weight is 391 g/mol. The molecule has 2 rings (SSSR count). The molecule has 1 saturated heterocycles. The van der Waals surface area contributed by atoms with Crippen molar-refractivity contribution in [2.75, 3.05) is 53.4 Å². The van der Waals surface area contributed by atoms with Crippen molar-refractivity contribution in [1.29, 1.82) is 0 Å². The second kappa shape index (κ2) is 8.43. The van der Waals surface area contributed by atoms with Gasteiger partial charge in [-0.15, -0.1) is 0 Å². The molecule has 0 saturated carbocycles. The van der Waals surface area contributed by atoms with Gasteiger partial charge in [0.25, 0.3) is 0 Å². The fraction of sp³-hybridized carbons (Fsp3) is 0.733. The smallest absolute Gasteiger partial charge is 0.248 e. The number of aromatic nitrogens is 1. The van der Waals surface area contributed by atoms with Crippen LogP contribution in [0.3, 0.4) is 0 Å². The number of quaternary nitrogens is 1. The van der Waals surface area contributed by atoms with E-state index in [0.717, 1.165) is 19.5 Å². The predicted octanol–water partition coefficient (Wildman–Crippen LogP) is -0.993. The largest absolute Gasteiger partial charge is 0.362 e. The minimum Gasteiger partial charge on any atom is -0.362 e. The van der Waals surface area contributed by atoms with Crippen molar-refractivity contribution < 1.29 is 17.8 Å². The third-order valence-corrected chi connectivity index (χ3v) is 6.77. The zero-order valence-electron chi connectivity index (χ0n) is 15.3. The van der Waals surface area contributed by atoms with Crippen molar-refractivity contribution in [3.63, 3.8) is 0 Å². The van der Waals surface area contributed by atoms with Gasteiger partial charge in [0.05, 0.1) is 20.6 Å². The average Bonchev–Trinajstić information content (AvgIpc) is 2.90. The van der Waals surface area contributed by atoms with Gasteiger partial charge >= 0.3 is 0 Å². The van der Waals surface area contributed by atoms with Crippen LogP contribution in [0.5, 0.6) is 0 Å². The Morgan fingerprint density at radius 2 is 1.92 bits per heavy atom. The second-order valence-electron chi connectivity index (χ2n) is 6.59. The summed E-state index contributed by atoms with van der Waals surface area (Å²) in [6.07, 6.45) is 1.04. The Morgan fingerprint density at radius 3 is 2.44 bits per heavy atom. The summed E-state index contributed by atoms with van der Waals surface area (Å²) in [6, 6.07) is 0. The summed E-state index contributed by atoms with van der Waals surface area (Å²) < 4.78 is 32.1. The lowest BCUT2D eigenvalue weighted by atomic mass is 10.4. The normalized spacial score (nSPS) is 16.4. The van der Waals surface area contributed by atoms with Crippen molar-refractivity contribution in [2.45, 2.75) is 25.2 Å². The summed E-state index contributed by atoms with van der Waals surface area (Å²) in [5.74, 6) is 0.333. The monoisotopic (exact) mass is 390 g/mol. The lowest BCUT2D eigenvalue weighted by Crippen LogP contribution is -3.05. The highest BCUT2D eigenvalue weighted by Crippen LogP contribution is 2.24. The molecule has 142 valence electrons. The quantitative estimate of drug-likeness (QED) is 0.477. The number of hydrogen-bond donors (Lipinski definition) is 2. The lowest BCUT2D eigenvalue weighted by Gasteiger charge is -2.35. The number of aryl methyl sites for hydroxylation is 2. The molecule has 1 aliphatic heterocycles. The Balaban J connectivity index is 1.88. The van der Waals surface area contributed by atoms with E-state index >= 15 is 0 Å². The van der Waals surface area contributed by atoms with Crippen LogP contribution in [0.2, 0.25) is 0 Å². The molecule has 2 N–H and O–H groups in total. The molecule has 0 spiro atoms. The SMILES string of the molecule is Cc1noc(C)c1S(=O)(=O)N1CCN(C(=S)NCCC[NH+](C)C)CC1. The molecule has 0 amide bonds. The minimum atomic E-state index is -3.58. The molecular weight excluding hydrogens is 362 g/mol. The summed E-state index contributed by atoms with van der Waals surface area (Å²) in [5, 5.41) is 7.71. The first-order valence-corrected chi connectivity index (χ1v) is 10.3. The summed E-state index contributed by atoms with van der Waals surface area (Å²) in [7, 11) is 0.668. The molecule has 1 aromatic rings. The highest BCUT2D eigenvalue weighted by atomic mass is 32.2. The summed E-state index contributed by atoms with van der Waals surface area (Å²) in [6.45, 7) is 7.14. The number of nitrogens with zero attached hydrogens (tertiary/aromatic N) is 3. The van der Waals surface area contributed by atoms with Crippen molar-refractivity contribution in [1.82, 2.24) is 19.7 Å². The van der Waals surface area contributed by atoms with Crippen LogP contribution >= 0.6 is 12.2 Å². The number of rotatable bonds is 6. The predicted molar refractivity (Wildman–Crippen MR) is 99.2 cm³/mol. The molecule has 1 aliphatic rings. The molecule has 0 bridgehead atoms. The van der Waals surface area contributed by atoms with Gasteiger partial charge in [0.15, 0.2) is 10.9 Å². The van der Waals surface area contributed by atoms with Gasteiger partial charge < -0.3 is 19.6 Å². The Kier molecular flexibility index (Phi) is 6.78. The van der Waals surface area contributed by atoms with Crippen molar-refractivity contribution in [3.05, 3.63) is 11.5 Å². The molecule has 2 heterocycles. The minimum absolute atomic E-state index is 0.188. The first kappa shape index (κ1) is 20.1. The Morgan fingerprint density at radius 1 is 1.28 bits per heavy atom. The van der Waals surface area contributed by atoms with E-state index in [1.807, 2.05) is 4.90 Å². The van der Waals surface area contributed by atoms with Gasteiger partial charge in [0, 0.05) is 39.1 Å². The highest BCUT2D eigenvalue weighted by molar-refractivity contribution is 7.89. The van der Waals surface area contributed by atoms with Crippen LogP contribution in [0, 0.1) is 13.8 Å². The number of thiocarbonyl (C=S) groups is 1. The van der Waals surface area contributed by atoms with E-state index in [-0.39, 0.29) is 4.90 Å². The molecular formula is C15H28N5O3S2+. The molecule has 0 aromatic carbocycles. The van der Waals surface area contributed by atoms with Gasteiger partial charge in [-0.2, -0.15) is 4.31 Å². The Labute approximate surface area is 155 Å². The van der Waals surface area contributed by atoms with Crippen LogP contribution in [0.4, 0.5) is 0 Å². The molecule has 1 fully saturated rings. The fourth-order valence-corrected chi connectivity index (χ4v) is 4.85. The van der Waals surface area contributed by atoms with Gasteiger partial charge in [-0.05, 0) is 26.1 Å². The lowest BCUT2D eigenvalue weighted by molar-refractivity contribution is -0.858. The number of sulfonamides is 1. The second-order valence-corrected chi connectivity index (χ2v) is 8.85. The van der Waals surface area contributed by atoms with Gasteiger partial charge in [0.2, 0.25) is 10.0 Å². The van der Waals surface area contributed by atoms with Crippen LogP contribution in [-0.4, -0.2) is 81.3 Å². The number of hydrogen-bond acceptors (Lipinski definition) is 5. The van der Waals surface area contributed by atoms with E-state index in [2.05, 4.69) is 24.6 Å². The van der Waals surface area contributed by atoms with Crippen LogP contribution in [0.25, 0.3) is 0 Å². The van der Waals surface area contributed by atoms with E-state index < -0.39 is 10.0 Å².